The first-order chi connectivity index (χ1) is 13.0. The molecule has 7 heteroatoms. The maximum atomic E-state index is 12.8. The van der Waals surface area contributed by atoms with Gasteiger partial charge in [0.05, 0.1) is 11.3 Å². The number of carbonyl (C=O) groups excluding carboxylic acids is 3. The van der Waals surface area contributed by atoms with Gasteiger partial charge in [-0.15, -0.1) is 11.8 Å². The molecule has 27 heavy (non-hydrogen) atoms. The third-order valence-electron chi connectivity index (χ3n) is 3.52. The van der Waals surface area contributed by atoms with Gasteiger partial charge in [-0.2, -0.15) is 0 Å². The number of Topliss-reactive ketones (excluding diaryl/α,β-unsaturated/α-hetero) is 1. The maximum absolute atomic E-state index is 12.8. The molecule has 0 radical (unpaired) electrons. The van der Waals surface area contributed by atoms with Gasteiger partial charge >= 0.3 is 5.97 Å². The molecule has 5 nitrogen and oxygen atoms in total. The first-order valence-corrected chi connectivity index (χ1v) is 9.34. The van der Waals surface area contributed by atoms with Crippen LogP contribution in [0.4, 0.5) is 4.39 Å². The van der Waals surface area contributed by atoms with Crippen LogP contribution in [0.1, 0.15) is 22.8 Å². The second kappa shape index (κ2) is 10.5. The fraction of sp³-hybridized carbons (Fsp3) is 0.250. The molecule has 0 saturated carbocycles. The summed E-state index contributed by atoms with van der Waals surface area (Å²) in [6.07, 6.45) is 0.546. The van der Waals surface area contributed by atoms with Crippen molar-refractivity contribution in [2.24, 2.45) is 0 Å². The minimum absolute atomic E-state index is 0.00343. The zero-order valence-electron chi connectivity index (χ0n) is 14.9. The third-order valence-corrected chi connectivity index (χ3v) is 4.74. The van der Waals surface area contributed by atoms with E-state index in [0.717, 1.165) is 5.56 Å². The predicted octanol–water partition coefficient (Wildman–Crippen LogP) is 3.02. The smallest absolute Gasteiger partial charge is 0.339 e. The summed E-state index contributed by atoms with van der Waals surface area (Å²) < 4.78 is 17.9. The van der Waals surface area contributed by atoms with E-state index in [0.29, 0.717) is 23.4 Å². The molecule has 0 aliphatic heterocycles. The van der Waals surface area contributed by atoms with Crippen LogP contribution in [0, 0.1) is 5.82 Å². The highest BCUT2D eigenvalue weighted by molar-refractivity contribution is 8.00. The van der Waals surface area contributed by atoms with Gasteiger partial charge in [0.15, 0.2) is 6.61 Å². The molecular formula is C20H20FNO4S. The lowest BCUT2D eigenvalue weighted by molar-refractivity contribution is -0.124. The lowest BCUT2D eigenvalue weighted by Gasteiger charge is -2.09. The summed E-state index contributed by atoms with van der Waals surface area (Å²) in [5, 5.41) is 2.65. The van der Waals surface area contributed by atoms with Gasteiger partial charge in [0.25, 0.3) is 5.91 Å². The molecule has 0 fully saturated rings. The van der Waals surface area contributed by atoms with Crippen molar-refractivity contribution in [1.82, 2.24) is 5.32 Å². The molecule has 1 N–H and O–H groups in total. The Bertz CT molecular complexity index is 808. The predicted molar refractivity (Wildman–Crippen MR) is 101 cm³/mol. The zero-order valence-corrected chi connectivity index (χ0v) is 15.7. The maximum Gasteiger partial charge on any atom is 0.339 e. The largest absolute Gasteiger partial charge is 0.452 e. The van der Waals surface area contributed by atoms with E-state index >= 15 is 0 Å². The number of benzene rings is 2. The average Bonchev–Trinajstić information content (AvgIpc) is 2.66. The first kappa shape index (κ1) is 20.6. The van der Waals surface area contributed by atoms with E-state index in [1.165, 1.54) is 30.8 Å². The third kappa shape index (κ3) is 7.22. The first-order valence-electron chi connectivity index (χ1n) is 8.35. The Morgan fingerprint density at radius 2 is 1.78 bits per heavy atom. The molecule has 0 aromatic heterocycles. The number of hydrogen-bond donors (Lipinski definition) is 1. The van der Waals surface area contributed by atoms with Crippen molar-refractivity contribution >= 4 is 29.4 Å². The van der Waals surface area contributed by atoms with E-state index < -0.39 is 18.5 Å². The Hall–Kier alpha value is -2.67. The number of amides is 1. The second-order valence-corrected chi connectivity index (χ2v) is 6.81. The number of ketones is 1. The zero-order chi connectivity index (χ0) is 19.6. The summed E-state index contributed by atoms with van der Waals surface area (Å²) in [7, 11) is 0. The van der Waals surface area contributed by atoms with Crippen molar-refractivity contribution in [1.29, 1.82) is 0 Å². The Balaban J connectivity index is 1.78. The number of rotatable bonds is 9. The monoisotopic (exact) mass is 389 g/mol. The number of esters is 1. The van der Waals surface area contributed by atoms with E-state index in [-0.39, 0.29) is 17.4 Å². The topological polar surface area (TPSA) is 72.5 Å². The van der Waals surface area contributed by atoms with Gasteiger partial charge in [-0.3, -0.25) is 9.59 Å². The second-order valence-electron chi connectivity index (χ2n) is 5.79. The van der Waals surface area contributed by atoms with Gasteiger partial charge < -0.3 is 10.1 Å². The number of carbonyl (C=O) groups is 3. The molecule has 0 heterocycles. The molecule has 0 aliphatic rings. The van der Waals surface area contributed by atoms with E-state index in [2.05, 4.69) is 5.32 Å². The molecular weight excluding hydrogens is 369 g/mol. The van der Waals surface area contributed by atoms with Crippen molar-refractivity contribution in [3.05, 3.63) is 65.5 Å². The number of ether oxygens (including phenoxy) is 1. The Labute approximate surface area is 161 Å². The van der Waals surface area contributed by atoms with Crippen LogP contribution in [0.3, 0.4) is 0 Å². The molecule has 0 aliphatic carbocycles. The highest BCUT2D eigenvalue weighted by atomic mass is 32.2. The molecule has 2 rings (SSSR count). The fourth-order valence-electron chi connectivity index (χ4n) is 2.20. The summed E-state index contributed by atoms with van der Waals surface area (Å²) in [5.74, 6) is -1.08. The fourth-order valence-corrected chi connectivity index (χ4v) is 3.04. The molecule has 0 bridgehead atoms. The van der Waals surface area contributed by atoms with Crippen molar-refractivity contribution in [3.63, 3.8) is 0 Å². The van der Waals surface area contributed by atoms with Crippen LogP contribution in [0.5, 0.6) is 0 Å². The van der Waals surface area contributed by atoms with Gasteiger partial charge in [-0.1, -0.05) is 24.3 Å². The number of halogens is 1. The van der Waals surface area contributed by atoms with E-state index in [1.807, 2.05) is 0 Å². The Morgan fingerprint density at radius 3 is 2.48 bits per heavy atom. The van der Waals surface area contributed by atoms with Gasteiger partial charge in [-0.05, 0) is 43.2 Å². The molecule has 1 amide bonds. The summed E-state index contributed by atoms with van der Waals surface area (Å²) in [5.41, 5.74) is 1.22. The summed E-state index contributed by atoms with van der Waals surface area (Å²) >= 11 is 1.25. The quantitative estimate of drug-likeness (QED) is 0.527. The molecule has 2 aromatic rings. The highest BCUT2D eigenvalue weighted by Crippen LogP contribution is 2.23. The van der Waals surface area contributed by atoms with E-state index in [1.54, 1.807) is 36.4 Å². The lowest BCUT2D eigenvalue weighted by atomic mass is 10.1. The summed E-state index contributed by atoms with van der Waals surface area (Å²) in [6, 6.07) is 12.8. The van der Waals surface area contributed by atoms with Crippen molar-refractivity contribution < 1.29 is 23.5 Å². The van der Waals surface area contributed by atoms with Crippen LogP contribution < -0.4 is 5.32 Å². The molecule has 0 saturated heterocycles. The highest BCUT2D eigenvalue weighted by Gasteiger charge is 2.14. The molecule has 142 valence electrons. The minimum atomic E-state index is -0.615. The Morgan fingerprint density at radius 1 is 1.07 bits per heavy atom. The number of nitrogens with one attached hydrogen (secondary N) is 1. The number of hydrogen-bond acceptors (Lipinski definition) is 5. The SMILES string of the molecule is CC(=O)CSc1ccccc1C(=O)OCC(=O)NCCc1ccc(F)cc1. The van der Waals surface area contributed by atoms with Crippen LogP contribution in [0.2, 0.25) is 0 Å². The van der Waals surface area contributed by atoms with Crippen molar-refractivity contribution in [2.75, 3.05) is 18.9 Å². The Kier molecular flexibility index (Phi) is 8.00. The van der Waals surface area contributed by atoms with Gasteiger partial charge in [-0.25, -0.2) is 9.18 Å². The van der Waals surface area contributed by atoms with Crippen LogP contribution >= 0.6 is 11.8 Å². The molecule has 0 unspecified atom stereocenters. The normalized spacial score (nSPS) is 10.3. The van der Waals surface area contributed by atoms with Crippen LogP contribution in [-0.4, -0.2) is 36.6 Å². The van der Waals surface area contributed by atoms with Crippen LogP contribution in [0.25, 0.3) is 0 Å². The van der Waals surface area contributed by atoms with E-state index in [4.69, 9.17) is 4.74 Å². The minimum Gasteiger partial charge on any atom is -0.452 e. The average molecular weight is 389 g/mol. The van der Waals surface area contributed by atoms with Crippen molar-refractivity contribution in [2.45, 2.75) is 18.2 Å². The van der Waals surface area contributed by atoms with Gasteiger partial charge in [0, 0.05) is 11.4 Å². The van der Waals surface area contributed by atoms with E-state index in [9.17, 15) is 18.8 Å². The molecule has 0 atom stereocenters. The molecule has 2 aromatic carbocycles. The standard InChI is InChI=1S/C20H20FNO4S/c1-14(23)13-27-18-5-3-2-4-17(18)20(25)26-12-19(24)22-11-10-15-6-8-16(21)9-7-15/h2-9H,10-13H2,1H3,(H,22,24). The molecule has 0 spiro atoms. The van der Waals surface area contributed by atoms with Crippen LogP contribution in [-0.2, 0) is 20.7 Å². The van der Waals surface area contributed by atoms with Gasteiger partial charge in [0.2, 0.25) is 0 Å². The number of thioether (sulfide) groups is 1. The van der Waals surface area contributed by atoms with Crippen molar-refractivity contribution in [3.8, 4) is 0 Å². The van der Waals surface area contributed by atoms with Crippen LogP contribution in [0.15, 0.2) is 53.4 Å². The lowest BCUT2D eigenvalue weighted by Crippen LogP contribution is -2.30. The van der Waals surface area contributed by atoms with Gasteiger partial charge in [0.1, 0.15) is 11.6 Å². The summed E-state index contributed by atoms with van der Waals surface area (Å²) in [4.78, 5) is 35.8. The summed E-state index contributed by atoms with van der Waals surface area (Å²) in [6.45, 7) is 1.44.